The summed E-state index contributed by atoms with van der Waals surface area (Å²) in [6, 6.07) is 19.3. The van der Waals surface area contributed by atoms with Gasteiger partial charge in [-0.2, -0.15) is 0 Å². The lowest BCUT2D eigenvalue weighted by atomic mass is 9.95. The molecule has 0 unspecified atom stereocenters. The fraction of sp³-hybridized carbons (Fsp3) is 0.240. The highest BCUT2D eigenvalue weighted by Gasteiger charge is 2.27. The van der Waals surface area contributed by atoms with Crippen molar-refractivity contribution in [1.29, 1.82) is 0 Å². The first-order valence-electron chi connectivity index (χ1n) is 10.8. The van der Waals surface area contributed by atoms with Gasteiger partial charge < -0.3 is 24.7 Å². The highest BCUT2D eigenvalue weighted by molar-refractivity contribution is 6.02. The molecule has 4 rings (SSSR count). The summed E-state index contributed by atoms with van der Waals surface area (Å²) in [4.78, 5) is 38.8. The van der Waals surface area contributed by atoms with E-state index < -0.39 is 0 Å². The maximum Gasteiger partial charge on any atom is 0.291 e. The molecule has 0 radical (unpaired) electrons. The van der Waals surface area contributed by atoms with Gasteiger partial charge in [0, 0.05) is 30.4 Å². The first kappa shape index (κ1) is 22.1. The predicted molar refractivity (Wildman–Crippen MR) is 123 cm³/mol. The summed E-state index contributed by atoms with van der Waals surface area (Å²) < 4.78 is 10.6. The molecule has 2 N–H and O–H groups in total. The minimum absolute atomic E-state index is 0.0102. The number of hydrogen-bond acceptors (Lipinski definition) is 5. The fourth-order valence-corrected chi connectivity index (χ4v) is 3.63. The van der Waals surface area contributed by atoms with Gasteiger partial charge in [-0.1, -0.05) is 18.2 Å². The van der Waals surface area contributed by atoms with E-state index in [0.29, 0.717) is 43.1 Å². The van der Waals surface area contributed by atoms with Gasteiger partial charge in [0.2, 0.25) is 5.91 Å². The van der Waals surface area contributed by atoms with Gasteiger partial charge in [0.1, 0.15) is 5.75 Å². The van der Waals surface area contributed by atoms with Crippen LogP contribution in [0.4, 0.5) is 11.4 Å². The molecule has 1 aliphatic rings. The van der Waals surface area contributed by atoms with Gasteiger partial charge in [-0.05, 0) is 61.4 Å². The van der Waals surface area contributed by atoms with Crippen LogP contribution >= 0.6 is 0 Å². The Hall–Kier alpha value is -4.07. The second kappa shape index (κ2) is 10.5. The molecule has 2 heterocycles. The molecule has 8 heteroatoms. The van der Waals surface area contributed by atoms with E-state index in [0.717, 1.165) is 0 Å². The molecular weight excluding hydrogens is 422 g/mol. The van der Waals surface area contributed by atoms with Crippen LogP contribution in [0.2, 0.25) is 0 Å². The van der Waals surface area contributed by atoms with Crippen LogP contribution in [0.3, 0.4) is 0 Å². The monoisotopic (exact) mass is 447 g/mol. The highest BCUT2D eigenvalue weighted by atomic mass is 16.5. The highest BCUT2D eigenvalue weighted by Crippen LogP contribution is 2.21. The van der Waals surface area contributed by atoms with Crippen LogP contribution in [0.15, 0.2) is 77.4 Å². The number of hydrogen-bond donors (Lipinski definition) is 2. The van der Waals surface area contributed by atoms with Gasteiger partial charge in [-0.25, -0.2) is 0 Å². The molecule has 33 heavy (non-hydrogen) atoms. The molecule has 3 amide bonds. The quantitative estimate of drug-likeness (QED) is 0.574. The van der Waals surface area contributed by atoms with Crippen molar-refractivity contribution >= 4 is 29.1 Å². The number of carbonyl (C=O) groups is 3. The van der Waals surface area contributed by atoms with Gasteiger partial charge in [0.15, 0.2) is 12.4 Å². The number of nitrogens with one attached hydrogen (secondary N) is 2. The number of likely N-dealkylation sites (tertiary alicyclic amines) is 1. The number of furan rings is 1. The summed E-state index contributed by atoms with van der Waals surface area (Å²) >= 11 is 0. The van der Waals surface area contributed by atoms with E-state index in [1.165, 1.54) is 6.26 Å². The Morgan fingerprint density at radius 2 is 1.55 bits per heavy atom. The van der Waals surface area contributed by atoms with Gasteiger partial charge in [0.25, 0.3) is 11.8 Å². The Bertz CT molecular complexity index is 1070. The Morgan fingerprint density at radius 3 is 2.18 bits per heavy atom. The molecule has 1 fully saturated rings. The number of ether oxygens (including phenoxy) is 1. The molecular formula is C25H25N3O5. The van der Waals surface area contributed by atoms with Gasteiger partial charge in [-0.3, -0.25) is 14.4 Å². The largest absolute Gasteiger partial charge is 0.484 e. The number of benzene rings is 2. The summed E-state index contributed by atoms with van der Waals surface area (Å²) in [5.41, 5.74) is 1.24. The summed E-state index contributed by atoms with van der Waals surface area (Å²) in [7, 11) is 0. The number of carbonyl (C=O) groups excluding carboxylic acids is 3. The van der Waals surface area contributed by atoms with E-state index in [4.69, 9.17) is 9.15 Å². The third-order valence-corrected chi connectivity index (χ3v) is 5.48. The lowest BCUT2D eigenvalue weighted by molar-refractivity contribution is -0.136. The molecule has 1 aromatic heterocycles. The van der Waals surface area contributed by atoms with E-state index >= 15 is 0 Å². The van der Waals surface area contributed by atoms with Crippen molar-refractivity contribution in [2.24, 2.45) is 5.92 Å². The minimum atomic E-state index is -0.340. The minimum Gasteiger partial charge on any atom is -0.484 e. The average molecular weight is 447 g/mol. The Balaban J connectivity index is 1.21. The second-order valence-corrected chi connectivity index (χ2v) is 7.75. The molecule has 0 spiro atoms. The Kier molecular flexibility index (Phi) is 7.04. The lowest BCUT2D eigenvalue weighted by Gasteiger charge is -2.31. The average Bonchev–Trinajstić information content (AvgIpc) is 3.40. The Labute approximate surface area is 191 Å². The predicted octanol–water partition coefficient (Wildman–Crippen LogP) is 3.79. The number of anilines is 2. The Morgan fingerprint density at radius 1 is 0.879 bits per heavy atom. The first-order valence-corrected chi connectivity index (χ1v) is 10.8. The fourth-order valence-electron chi connectivity index (χ4n) is 3.63. The van der Waals surface area contributed by atoms with Crippen LogP contribution in [0, 0.1) is 5.92 Å². The van der Waals surface area contributed by atoms with Gasteiger partial charge in [0.05, 0.1) is 6.26 Å². The zero-order chi connectivity index (χ0) is 23.0. The maximum atomic E-state index is 12.7. The van der Waals surface area contributed by atoms with Gasteiger partial charge >= 0.3 is 0 Å². The summed E-state index contributed by atoms with van der Waals surface area (Å²) in [5.74, 6) is 0.227. The van der Waals surface area contributed by atoms with Crippen LogP contribution < -0.4 is 15.4 Å². The van der Waals surface area contributed by atoms with Crippen molar-refractivity contribution in [3.05, 3.63) is 78.8 Å². The van der Waals surface area contributed by atoms with E-state index in [1.807, 2.05) is 30.3 Å². The van der Waals surface area contributed by atoms with Crippen molar-refractivity contribution < 1.29 is 23.5 Å². The lowest BCUT2D eigenvalue weighted by Crippen LogP contribution is -2.43. The number of para-hydroxylation sites is 1. The molecule has 1 aliphatic heterocycles. The van der Waals surface area contributed by atoms with Crippen LogP contribution in [0.5, 0.6) is 5.75 Å². The van der Waals surface area contributed by atoms with Crippen LogP contribution in [-0.4, -0.2) is 42.3 Å². The van der Waals surface area contributed by atoms with Crippen molar-refractivity contribution in [2.75, 3.05) is 30.3 Å². The van der Waals surface area contributed by atoms with E-state index in [9.17, 15) is 14.4 Å². The van der Waals surface area contributed by atoms with E-state index in [1.54, 1.807) is 41.3 Å². The molecule has 1 saturated heterocycles. The smallest absolute Gasteiger partial charge is 0.291 e. The summed E-state index contributed by atoms with van der Waals surface area (Å²) in [6.07, 6.45) is 2.63. The van der Waals surface area contributed by atoms with E-state index in [2.05, 4.69) is 10.6 Å². The van der Waals surface area contributed by atoms with Crippen molar-refractivity contribution in [3.63, 3.8) is 0 Å². The van der Waals surface area contributed by atoms with E-state index in [-0.39, 0.29) is 36.0 Å². The normalized spacial score (nSPS) is 13.9. The van der Waals surface area contributed by atoms with Crippen LogP contribution in [0.25, 0.3) is 0 Å². The molecule has 3 aromatic rings. The SMILES string of the molecule is O=C(Nc1ccc(NC(=O)C2CCN(C(=O)COc3ccccc3)CC2)cc1)c1ccco1. The third-order valence-electron chi connectivity index (χ3n) is 5.48. The topological polar surface area (TPSA) is 101 Å². The number of amides is 3. The number of piperidine rings is 1. The molecule has 2 aromatic carbocycles. The van der Waals surface area contributed by atoms with Gasteiger partial charge in [-0.15, -0.1) is 0 Å². The first-order chi connectivity index (χ1) is 16.1. The van der Waals surface area contributed by atoms with Crippen LogP contribution in [0.1, 0.15) is 23.4 Å². The molecule has 170 valence electrons. The number of nitrogens with zero attached hydrogens (tertiary/aromatic N) is 1. The second-order valence-electron chi connectivity index (χ2n) is 7.75. The molecule has 0 saturated carbocycles. The summed E-state index contributed by atoms with van der Waals surface area (Å²) in [5, 5.41) is 5.64. The zero-order valence-electron chi connectivity index (χ0n) is 18.0. The van der Waals surface area contributed by atoms with Crippen molar-refractivity contribution in [3.8, 4) is 5.75 Å². The standard InChI is InChI=1S/C25H25N3O5/c29-23(17-33-21-5-2-1-3-6-21)28-14-12-18(13-15-28)24(30)26-19-8-10-20(11-9-19)27-25(31)22-7-4-16-32-22/h1-11,16,18H,12-15,17H2,(H,26,30)(H,27,31). The van der Waals surface area contributed by atoms with Crippen molar-refractivity contribution in [2.45, 2.75) is 12.8 Å². The van der Waals surface area contributed by atoms with Crippen LogP contribution in [-0.2, 0) is 9.59 Å². The summed E-state index contributed by atoms with van der Waals surface area (Å²) in [6.45, 7) is 1.03. The maximum absolute atomic E-state index is 12.7. The zero-order valence-corrected chi connectivity index (χ0v) is 18.0. The molecule has 0 aliphatic carbocycles. The van der Waals surface area contributed by atoms with Crippen molar-refractivity contribution in [1.82, 2.24) is 4.90 Å². The molecule has 0 atom stereocenters. The number of rotatable bonds is 7. The molecule has 0 bridgehead atoms. The third kappa shape index (κ3) is 6.00. The molecule has 8 nitrogen and oxygen atoms in total.